The molecule has 1 aliphatic rings. The highest BCUT2D eigenvalue weighted by molar-refractivity contribution is 6.37. The van der Waals surface area contributed by atoms with Gasteiger partial charge >= 0.3 is 0 Å². The minimum absolute atomic E-state index is 0.0737. The molecule has 0 aromatic heterocycles. The Morgan fingerprint density at radius 3 is 2.73 bits per heavy atom. The number of rotatable bonds is 1. The predicted molar refractivity (Wildman–Crippen MR) is 88.0 cm³/mol. The number of carbonyl (C=O) groups excluding carboxylic acids is 1. The molecule has 1 unspecified atom stereocenters. The van der Waals surface area contributed by atoms with E-state index in [0.29, 0.717) is 26.1 Å². The number of hydrogen-bond donors (Lipinski definition) is 1. The maximum Gasteiger partial charge on any atom is 0.278 e. The Bertz CT molecular complexity index is 884. The second kappa shape index (κ2) is 5.72. The molecule has 112 valence electrons. The first-order chi connectivity index (χ1) is 11.7. The molecular formula is C16H12Cl2N2O2. The normalized spacial score (nSPS) is 20.4. The van der Waals surface area contributed by atoms with Crippen molar-refractivity contribution in [2.75, 3.05) is 11.9 Å². The van der Waals surface area contributed by atoms with Crippen LogP contribution in [0, 0.1) is 0 Å². The highest BCUT2D eigenvalue weighted by Crippen LogP contribution is 2.31. The van der Waals surface area contributed by atoms with E-state index in [1.165, 1.54) is 18.2 Å². The van der Waals surface area contributed by atoms with Crippen LogP contribution in [0.2, 0.25) is 10.0 Å². The maximum atomic E-state index is 12.4. The summed E-state index contributed by atoms with van der Waals surface area (Å²) in [6.45, 7) is -2.80. The summed E-state index contributed by atoms with van der Waals surface area (Å²) in [6.07, 6.45) is -1.88. The van der Waals surface area contributed by atoms with Crippen LogP contribution in [0.5, 0.6) is 0 Å². The van der Waals surface area contributed by atoms with E-state index in [9.17, 15) is 9.90 Å². The van der Waals surface area contributed by atoms with Crippen LogP contribution in [0.3, 0.4) is 0 Å². The lowest BCUT2D eigenvalue weighted by atomic mass is 10.0. The topological polar surface area (TPSA) is 52.9 Å². The van der Waals surface area contributed by atoms with E-state index in [4.69, 9.17) is 27.3 Å². The molecular weight excluding hydrogens is 323 g/mol. The molecule has 1 amide bonds. The number of likely N-dealkylation sites (N-methyl/N-ethyl adjacent to an activating group) is 1. The van der Waals surface area contributed by atoms with Gasteiger partial charge in [-0.1, -0.05) is 41.4 Å². The SMILES string of the molecule is [2H]C([2H])([2H])N1C(=O)C(O)N=C(c2ccccc2Cl)c2cc(Cl)ccc21. The minimum Gasteiger partial charge on any atom is -0.364 e. The highest BCUT2D eigenvalue weighted by atomic mass is 35.5. The summed E-state index contributed by atoms with van der Waals surface area (Å²) in [5.41, 5.74) is 1.01. The van der Waals surface area contributed by atoms with E-state index in [0.717, 1.165) is 0 Å². The van der Waals surface area contributed by atoms with Crippen molar-refractivity contribution in [2.45, 2.75) is 6.23 Å². The lowest BCUT2D eigenvalue weighted by Gasteiger charge is -2.18. The van der Waals surface area contributed by atoms with Gasteiger partial charge in [0.1, 0.15) is 0 Å². The standard InChI is InChI=1S/C16H12Cl2N2O2/c1-20-13-7-6-9(17)8-11(13)14(19-15(21)16(20)22)10-4-2-3-5-12(10)18/h2-8,15,21H,1H3/i1D3. The Balaban J connectivity index is 2.33. The fourth-order valence-corrected chi connectivity index (χ4v) is 2.64. The average Bonchev–Trinajstić information content (AvgIpc) is 2.63. The van der Waals surface area contributed by atoms with Crippen molar-refractivity contribution in [1.29, 1.82) is 0 Å². The Labute approximate surface area is 141 Å². The van der Waals surface area contributed by atoms with Crippen LogP contribution >= 0.6 is 23.2 Å². The molecule has 3 rings (SSSR count). The van der Waals surface area contributed by atoms with Crippen molar-refractivity contribution in [3.8, 4) is 0 Å². The van der Waals surface area contributed by atoms with E-state index in [-0.39, 0.29) is 11.4 Å². The number of anilines is 1. The molecule has 2 aromatic rings. The molecule has 0 spiro atoms. The zero-order valence-corrected chi connectivity index (χ0v) is 12.6. The van der Waals surface area contributed by atoms with E-state index in [2.05, 4.69) is 4.99 Å². The number of fused-ring (bicyclic) bond motifs is 1. The van der Waals surface area contributed by atoms with Crippen molar-refractivity contribution >= 4 is 40.5 Å². The number of aliphatic hydroxyl groups excluding tert-OH is 1. The number of benzene rings is 2. The van der Waals surface area contributed by atoms with Crippen LogP contribution in [0.25, 0.3) is 0 Å². The number of amides is 1. The summed E-state index contributed by atoms with van der Waals surface area (Å²) in [7, 11) is 0. The molecule has 0 fully saturated rings. The molecule has 1 heterocycles. The Morgan fingerprint density at radius 1 is 1.23 bits per heavy atom. The third kappa shape index (κ3) is 2.50. The van der Waals surface area contributed by atoms with Gasteiger partial charge in [0.25, 0.3) is 5.91 Å². The number of nitrogens with zero attached hydrogens (tertiary/aromatic N) is 2. The fourth-order valence-electron chi connectivity index (χ4n) is 2.24. The average molecular weight is 338 g/mol. The lowest BCUT2D eigenvalue weighted by Crippen LogP contribution is -2.34. The predicted octanol–water partition coefficient (Wildman–Crippen LogP) is 3.13. The maximum absolute atomic E-state index is 12.4. The number of halogens is 2. The molecule has 0 saturated heterocycles. The molecule has 0 aliphatic carbocycles. The molecule has 2 aromatic carbocycles. The van der Waals surface area contributed by atoms with E-state index < -0.39 is 19.1 Å². The molecule has 6 heteroatoms. The van der Waals surface area contributed by atoms with Crippen LogP contribution in [-0.2, 0) is 4.79 Å². The zero-order valence-electron chi connectivity index (χ0n) is 14.1. The summed E-state index contributed by atoms with van der Waals surface area (Å²) in [5, 5.41) is 10.8. The summed E-state index contributed by atoms with van der Waals surface area (Å²) in [6, 6.07) is 11.1. The molecule has 1 atom stereocenters. The van der Waals surface area contributed by atoms with Gasteiger partial charge in [0.2, 0.25) is 6.23 Å². The lowest BCUT2D eigenvalue weighted by molar-refractivity contribution is -0.125. The number of benzodiazepines with no additional fused rings is 1. The second-order valence-electron chi connectivity index (χ2n) is 4.67. The highest BCUT2D eigenvalue weighted by Gasteiger charge is 2.29. The van der Waals surface area contributed by atoms with Gasteiger partial charge in [-0.25, -0.2) is 4.99 Å². The van der Waals surface area contributed by atoms with Crippen LogP contribution in [-0.4, -0.2) is 29.9 Å². The monoisotopic (exact) mass is 337 g/mol. The van der Waals surface area contributed by atoms with Crippen molar-refractivity contribution in [2.24, 2.45) is 4.99 Å². The van der Waals surface area contributed by atoms with Crippen LogP contribution < -0.4 is 4.90 Å². The van der Waals surface area contributed by atoms with E-state index in [1.54, 1.807) is 24.3 Å². The Kier molecular flexibility index (Phi) is 3.03. The van der Waals surface area contributed by atoms with Gasteiger partial charge in [0.05, 0.1) is 11.4 Å². The number of carbonyl (C=O) groups is 1. The Morgan fingerprint density at radius 2 is 2.00 bits per heavy atom. The first-order valence-electron chi connectivity index (χ1n) is 7.85. The second-order valence-corrected chi connectivity index (χ2v) is 5.51. The van der Waals surface area contributed by atoms with Crippen molar-refractivity contribution in [1.82, 2.24) is 0 Å². The van der Waals surface area contributed by atoms with Crippen molar-refractivity contribution in [3.05, 3.63) is 63.6 Å². The fraction of sp³-hybridized carbons (Fsp3) is 0.125. The van der Waals surface area contributed by atoms with Gasteiger partial charge in [-0.2, -0.15) is 0 Å². The third-order valence-corrected chi connectivity index (χ3v) is 3.84. The van der Waals surface area contributed by atoms with E-state index in [1.807, 2.05) is 0 Å². The number of aliphatic imine (C=N–C) groups is 1. The van der Waals surface area contributed by atoms with Crippen molar-refractivity contribution in [3.63, 3.8) is 0 Å². The molecule has 0 radical (unpaired) electrons. The molecule has 0 bridgehead atoms. The van der Waals surface area contributed by atoms with Crippen LogP contribution in [0.1, 0.15) is 15.2 Å². The summed E-state index contributed by atoms with van der Waals surface area (Å²) in [4.78, 5) is 17.0. The zero-order chi connectivity index (χ0) is 18.4. The Hall–Kier alpha value is -1.88. The van der Waals surface area contributed by atoms with Gasteiger partial charge in [-0.15, -0.1) is 0 Å². The van der Waals surface area contributed by atoms with Gasteiger partial charge in [0.15, 0.2) is 0 Å². The molecule has 1 N–H and O–H groups in total. The number of aliphatic hydroxyl groups is 1. The van der Waals surface area contributed by atoms with Gasteiger partial charge in [-0.3, -0.25) is 4.79 Å². The van der Waals surface area contributed by atoms with Crippen LogP contribution in [0.15, 0.2) is 47.5 Å². The van der Waals surface area contributed by atoms with Gasteiger partial charge in [-0.05, 0) is 24.3 Å². The first-order valence-corrected chi connectivity index (χ1v) is 7.10. The summed E-state index contributed by atoms with van der Waals surface area (Å²) in [5.74, 6) is -1.05. The van der Waals surface area contributed by atoms with Gasteiger partial charge < -0.3 is 10.0 Å². The number of hydrogen-bond acceptors (Lipinski definition) is 3. The van der Waals surface area contributed by atoms with Crippen LogP contribution in [0.4, 0.5) is 5.69 Å². The molecule has 1 aliphatic heterocycles. The summed E-state index contributed by atoms with van der Waals surface area (Å²) >= 11 is 12.3. The summed E-state index contributed by atoms with van der Waals surface area (Å²) < 4.78 is 23.0. The largest absolute Gasteiger partial charge is 0.364 e. The smallest absolute Gasteiger partial charge is 0.278 e. The molecule has 4 nitrogen and oxygen atoms in total. The minimum atomic E-state index is -2.80. The molecule has 22 heavy (non-hydrogen) atoms. The molecule has 0 saturated carbocycles. The first kappa shape index (κ1) is 11.7. The van der Waals surface area contributed by atoms with E-state index >= 15 is 0 Å². The quantitative estimate of drug-likeness (QED) is 0.869. The van der Waals surface area contributed by atoms with Crippen molar-refractivity contribution < 1.29 is 14.0 Å². The van der Waals surface area contributed by atoms with Gasteiger partial charge in [0, 0.05) is 32.3 Å². The third-order valence-electron chi connectivity index (χ3n) is 3.28.